The molecule has 0 spiro atoms. The van der Waals surface area contributed by atoms with E-state index in [4.69, 9.17) is 4.98 Å². The topological polar surface area (TPSA) is 95.4 Å². The Kier molecular flexibility index (Phi) is 5.53. The maximum atomic E-state index is 12.6. The number of nitrogens with one attached hydrogen (secondary N) is 1. The summed E-state index contributed by atoms with van der Waals surface area (Å²) < 4.78 is 0.923. The fraction of sp³-hybridized carbons (Fsp3) is 0.364. The number of fused-ring (bicyclic) bond motifs is 1. The van der Waals surface area contributed by atoms with E-state index in [2.05, 4.69) is 15.2 Å². The molecule has 156 valence electrons. The van der Waals surface area contributed by atoms with Crippen LogP contribution in [0.2, 0.25) is 0 Å². The number of benzene rings is 1. The molecule has 1 aliphatic rings. The molecule has 0 radical (unpaired) electrons. The van der Waals surface area contributed by atoms with E-state index in [-0.39, 0.29) is 11.8 Å². The Hall–Kier alpha value is -2.84. The van der Waals surface area contributed by atoms with Crippen LogP contribution >= 0.6 is 11.3 Å². The fourth-order valence-electron chi connectivity index (χ4n) is 3.62. The first-order chi connectivity index (χ1) is 14.3. The van der Waals surface area contributed by atoms with E-state index in [0.717, 1.165) is 47.6 Å². The zero-order valence-corrected chi connectivity index (χ0v) is 17.8. The standard InChI is InChI=1S/C22H24N4O3S/c1-22(2,29)15-11-18-19(12-17(15)24-20(28)16-5-3-4-8-23-16)30-21(25-18)26-9-6-14(13-27)7-10-26/h3-5,8,11-14,29H,6-7,9-10H2,1-2H3,(H,24,28). The van der Waals surface area contributed by atoms with Crippen LogP contribution in [0, 0.1) is 5.92 Å². The molecular formula is C22H24N4O3S. The second-order valence-electron chi connectivity index (χ2n) is 8.05. The number of carbonyl (C=O) groups is 2. The molecule has 0 atom stereocenters. The number of hydrogen-bond donors (Lipinski definition) is 2. The number of carbonyl (C=O) groups excluding carboxylic acids is 2. The number of aliphatic hydroxyl groups is 1. The van der Waals surface area contributed by atoms with Crippen LogP contribution in [-0.4, -0.2) is 40.4 Å². The van der Waals surface area contributed by atoms with Gasteiger partial charge in [-0.25, -0.2) is 4.98 Å². The van der Waals surface area contributed by atoms with Crippen molar-refractivity contribution in [3.63, 3.8) is 0 Å². The van der Waals surface area contributed by atoms with Crippen LogP contribution in [-0.2, 0) is 10.4 Å². The summed E-state index contributed by atoms with van der Waals surface area (Å²) in [5.74, 6) is -0.202. The molecule has 7 nitrogen and oxygen atoms in total. The Bertz CT molecular complexity index is 1070. The summed E-state index contributed by atoms with van der Waals surface area (Å²) >= 11 is 1.55. The lowest BCUT2D eigenvalue weighted by Crippen LogP contribution is -2.33. The summed E-state index contributed by atoms with van der Waals surface area (Å²) in [4.78, 5) is 34.7. The first-order valence-electron chi connectivity index (χ1n) is 9.95. The van der Waals surface area contributed by atoms with Gasteiger partial charge in [-0.3, -0.25) is 9.78 Å². The van der Waals surface area contributed by atoms with Gasteiger partial charge in [-0.2, -0.15) is 0 Å². The van der Waals surface area contributed by atoms with Crippen LogP contribution in [0.3, 0.4) is 0 Å². The number of aldehydes is 1. The lowest BCUT2D eigenvalue weighted by molar-refractivity contribution is -0.111. The third-order valence-electron chi connectivity index (χ3n) is 5.32. The molecule has 1 saturated heterocycles. The Morgan fingerprint density at radius 3 is 2.70 bits per heavy atom. The average molecular weight is 425 g/mol. The van der Waals surface area contributed by atoms with Crippen molar-refractivity contribution >= 4 is 44.6 Å². The van der Waals surface area contributed by atoms with E-state index in [1.807, 2.05) is 12.1 Å². The van der Waals surface area contributed by atoms with Crippen molar-refractivity contribution in [3.05, 3.63) is 47.8 Å². The molecule has 2 N–H and O–H groups in total. The first kappa shape index (κ1) is 20.4. The summed E-state index contributed by atoms with van der Waals surface area (Å²) in [5.41, 5.74) is 1.06. The van der Waals surface area contributed by atoms with E-state index in [9.17, 15) is 14.7 Å². The van der Waals surface area contributed by atoms with Crippen molar-refractivity contribution in [1.29, 1.82) is 0 Å². The van der Waals surface area contributed by atoms with Gasteiger partial charge in [0.2, 0.25) is 0 Å². The van der Waals surface area contributed by atoms with E-state index in [0.29, 0.717) is 16.9 Å². The van der Waals surface area contributed by atoms with Gasteiger partial charge in [-0.15, -0.1) is 0 Å². The molecule has 30 heavy (non-hydrogen) atoms. The molecule has 1 aliphatic heterocycles. The summed E-state index contributed by atoms with van der Waals surface area (Å²) in [6.45, 7) is 4.96. The quantitative estimate of drug-likeness (QED) is 0.608. The molecular weight excluding hydrogens is 400 g/mol. The van der Waals surface area contributed by atoms with E-state index in [1.54, 1.807) is 49.6 Å². The van der Waals surface area contributed by atoms with Gasteiger partial charge in [-0.1, -0.05) is 17.4 Å². The zero-order valence-electron chi connectivity index (χ0n) is 17.0. The minimum absolute atomic E-state index is 0.130. The lowest BCUT2D eigenvalue weighted by atomic mass is 9.96. The first-order valence-corrected chi connectivity index (χ1v) is 10.8. The van der Waals surface area contributed by atoms with Crippen LogP contribution in [0.4, 0.5) is 10.8 Å². The van der Waals surface area contributed by atoms with Gasteiger partial charge in [0.25, 0.3) is 5.91 Å². The molecule has 0 unspecified atom stereocenters. The number of thiazole rings is 1. The molecule has 0 bridgehead atoms. The van der Waals surface area contributed by atoms with Crippen LogP contribution in [0.25, 0.3) is 10.2 Å². The minimum atomic E-state index is -1.16. The predicted octanol–water partition coefficient (Wildman–Crippen LogP) is 3.59. The van der Waals surface area contributed by atoms with Crippen molar-refractivity contribution in [2.75, 3.05) is 23.3 Å². The Morgan fingerprint density at radius 2 is 2.07 bits per heavy atom. The van der Waals surface area contributed by atoms with Gasteiger partial charge in [0.1, 0.15) is 12.0 Å². The molecule has 1 amide bonds. The normalized spacial score (nSPS) is 15.4. The monoisotopic (exact) mass is 424 g/mol. The highest BCUT2D eigenvalue weighted by atomic mass is 32.1. The maximum absolute atomic E-state index is 12.6. The number of nitrogens with zero attached hydrogens (tertiary/aromatic N) is 3. The maximum Gasteiger partial charge on any atom is 0.274 e. The van der Waals surface area contributed by atoms with Crippen molar-refractivity contribution in [1.82, 2.24) is 9.97 Å². The highest BCUT2D eigenvalue weighted by Crippen LogP contribution is 2.37. The van der Waals surface area contributed by atoms with Crippen LogP contribution < -0.4 is 10.2 Å². The predicted molar refractivity (Wildman–Crippen MR) is 118 cm³/mol. The lowest BCUT2D eigenvalue weighted by Gasteiger charge is -2.29. The molecule has 4 rings (SSSR count). The number of piperidine rings is 1. The average Bonchev–Trinajstić information content (AvgIpc) is 3.16. The van der Waals surface area contributed by atoms with Gasteiger partial charge in [-0.05, 0) is 51.0 Å². The smallest absolute Gasteiger partial charge is 0.274 e. The van der Waals surface area contributed by atoms with E-state index in [1.165, 1.54) is 0 Å². The minimum Gasteiger partial charge on any atom is -0.386 e. The van der Waals surface area contributed by atoms with E-state index < -0.39 is 5.60 Å². The second kappa shape index (κ2) is 8.12. The van der Waals surface area contributed by atoms with E-state index >= 15 is 0 Å². The number of pyridine rings is 1. The molecule has 1 aromatic carbocycles. The second-order valence-corrected chi connectivity index (χ2v) is 9.06. The van der Waals surface area contributed by atoms with Crippen LogP contribution in [0.1, 0.15) is 42.7 Å². The molecule has 1 fully saturated rings. The summed E-state index contributed by atoms with van der Waals surface area (Å²) in [5, 5.41) is 14.5. The van der Waals surface area contributed by atoms with Gasteiger partial charge in [0.15, 0.2) is 5.13 Å². The largest absolute Gasteiger partial charge is 0.386 e. The highest BCUT2D eigenvalue weighted by molar-refractivity contribution is 7.22. The molecule has 3 heterocycles. The van der Waals surface area contributed by atoms with Crippen molar-refractivity contribution in [2.24, 2.45) is 5.92 Å². The van der Waals surface area contributed by atoms with Crippen LogP contribution in [0.5, 0.6) is 0 Å². The molecule has 2 aromatic heterocycles. The highest BCUT2D eigenvalue weighted by Gasteiger charge is 2.25. The summed E-state index contributed by atoms with van der Waals surface area (Å²) in [7, 11) is 0. The van der Waals surface area contributed by atoms with Gasteiger partial charge in [0.05, 0.1) is 15.8 Å². The Morgan fingerprint density at radius 1 is 1.30 bits per heavy atom. The van der Waals surface area contributed by atoms with Crippen LogP contribution in [0.15, 0.2) is 36.5 Å². The van der Waals surface area contributed by atoms with Crippen molar-refractivity contribution in [2.45, 2.75) is 32.3 Å². The molecule has 3 aromatic rings. The summed E-state index contributed by atoms with van der Waals surface area (Å²) in [6.07, 6.45) is 4.28. The molecule has 8 heteroatoms. The Labute approximate surface area is 178 Å². The SMILES string of the molecule is CC(C)(O)c1cc2nc(N3CCC(C=O)CC3)sc2cc1NC(=O)c1ccccn1. The third-order valence-corrected chi connectivity index (χ3v) is 6.40. The summed E-state index contributed by atoms with van der Waals surface area (Å²) in [6, 6.07) is 8.85. The fourth-order valence-corrected chi connectivity index (χ4v) is 4.66. The zero-order chi connectivity index (χ0) is 21.3. The number of amides is 1. The molecule has 0 saturated carbocycles. The third kappa shape index (κ3) is 4.20. The van der Waals surface area contributed by atoms with Crippen molar-refractivity contribution < 1.29 is 14.7 Å². The number of rotatable bonds is 5. The van der Waals surface area contributed by atoms with Gasteiger partial charge < -0.3 is 20.1 Å². The van der Waals surface area contributed by atoms with Gasteiger partial charge in [0, 0.05) is 36.5 Å². The Balaban J connectivity index is 1.67. The number of anilines is 2. The number of hydrogen-bond acceptors (Lipinski definition) is 7. The molecule has 0 aliphatic carbocycles. The number of aromatic nitrogens is 2. The van der Waals surface area contributed by atoms with Gasteiger partial charge >= 0.3 is 0 Å². The van der Waals surface area contributed by atoms with Crippen molar-refractivity contribution in [3.8, 4) is 0 Å².